The van der Waals surface area contributed by atoms with Crippen molar-refractivity contribution in [2.24, 2.45) is 5.10 Å². The Balaban J connectivity index is 1.30. The molecule has 0 aliphatic heterocycles. The summed E-state index contributed by atoms with van der Waals surface area (Å²) in [5.41, 5.74) is 3.62. The molecule has 0 fully saturated rings. The second-order valence-corrected chi connectivity index (χ2v) is 10.6. The Bertz CT molecular complexity index is 1560. The first kappa shape index (κ1) is 29.1. The van der Waals surface area contributed by atoms with Crippen LogP contribution in [0.2, 0.25) is 5.02 Å². The minimum absolute atomic E-state index is 0.0887. The number of halogens is 2. The fourth-order valence-electron chi connectivity index (χ4n) is 3.22. The molecule has 0 atom stereocenters. The molecule has 3 aromatic heterocycles. The maximum atomic E-state index is 12.4. The first-order chi connectivity index (χ1) is 19.3. The highest BCUT2D eigenvalue weighted by atomic mass is 79.9. The summed E-state index contributed by atoms with van der Waals surface area (Å²) in [4.78, 5) is 40.9. The molecule has 4 rings (SSSR count). The Morgan fingerprint density at radius 1 is 1.18 bits per heavy atom. The number of furan rings is 1. The smallest absolute Gasteiger partial charge is 0.339 e. The van der Waals surface area contributed by atoms with Crippen LogP contribution < -0.4 is 10.7 Å². The van der Waals surface area contributed by atoms with Crippen molar-refractivity contribution in [3.05, 3.63) is 80.2 Å². The lowest BCUT2D eigenvalue weighted by atomic mass is 10.1. The summed E-state index contributed by atoms with van der Waals surface area (Å²) in [6.45, 7) is 2.33. The number of rotatable bonds is 11. The van der Waals surface area contributed by atoms with Gasteiger partial charge in [-0.05, 0) is 58.7 Å². The lowest BCUT2D eigenvalue weighted by molar-refractivity contribution is -0.120. The quantitative estimate of drug-likeness (QED) is 0.0939. The molecule has 0 aliphatic carbocycles. The third-order valence-corrected chi connectivity index (χ3v) is 6.78. The number of esters is 1. The fraction of sp³-hybridized carbons (Fsp3) is 0.192. The van der Waals surface area contributed by atoms with E-state index in [0.717, 1.165) is 24.2 Å². The fourth-order valence-corrected chi connectivity index (χ4v) is 4.52. The Labute approximate surface area is 246 Å². The van der Waals surface area contributed by atoms with E-state index in [1.807, 2.05) is 6.92 Å². The first-order valence-corrected chi connectivity index (χ1v) is 13.9. The molecule has 0 saturated heterocycles. The van der Waals surface area contributed by atoms with Crippen molar-refractivity contribution in [1.82, 2.24) is 20.6 Å². The number of pyridine rings is 1. The predicted octanol–water partition coefficient (Wildman–Crippen LogP) is 5.51. The lowest BCUT2D eigenvalue weighted by Crippen LogP contribution is -2.19. The maximum absolute atomic E-state index is 12.4. The van der Waals surface area contributed by atoms with Crippen molar-refractivity contribution < 1.29 is 23.5 Å². The van der Waals surface area contributed by atoms with Crippen molar-refractivity contribution in [1.29, 1.82) is 0 Å². The largest absolute Gasteiger partial charge is 0.462 e. The molecule has 0 saturated carbocycles. The van der Waals surface area contributed by atoms with Crippen LogP contribution in [-0.2, 0) is 16.0 Å². The number of aromatic nitrogens is 3. The number of unbranched alkanes of at least 4 members (excludes halogenated alkanes) is 1. The summed E-state index contributed by atoms with van der Waals surface area (Å²) in [6, 6.07) is 9.93. The van der Waals surface area contributed by atoms with Gasteiger partial charge in [-0.15, -0.1) is 10.2 Å². The summed E-state index contributed by atoms with van der Waals surface area (Å²) in [5.74, 6) is -0.472. The van der Waals surface area contributed by atoms with Gasteiger partial charge in [0, 0.05) is 22.4 Å². The van der Waals surface area contributed by atoms with Crippen molar-refractivity contribution in [2.75, 3.05) is 11.9 Å². The number of carbonyl (C=O) groups excluding carboxylic acids is 3. The molecule has 0 radical (unpaired) electrons. The van der Waals surface area contributed by atoms with Crippen LogP contribution in [0.15, 0.2) is 62.8 Å². The molecule has 0 aliphatic rings. The number of ether oxygens (including phenoxy) is 1. The van der Waals surface area contributed by atoms with Crippen LogP contribution in [0.1, 0.15) is 51.2 Å². The molecule has 40 heavy (non-hydrogen) atoms. The third kappa shape index (κ3) is 8.04. The van der Waals surface area contributed by atoms with E-state index in [1.54, 1.807) is 42.6 Å². The van der Waals surface area contributed by atoms with Crippen LogP contribution in [0.4, 0.5) is 5.13 Å². The van der Waals surface area contributed by atoms with Crippen LogP contribution in [0.25, 0.3) is 11.3 Å². The van der Waals surface area contributed by atoms with E-state index < -0.39 is 17.8 Å². The topological polar surface area (TPSA) is 149 Å². The second-order valence-electron chi connectivity index (χ2n) is 8.20. The highest BCUT2D eigenvalue weighted by molar-refractivity contribution is 9.10. The minimum atomic E-state index is -0.497. The van der Waals surface area contributed by atoms with Crippen LogP contribution in [0, 0.1) is 0 Å². The average Bonchev–Trinajstić information content (AvgIpc) is 3.58. The van der Waals surface area contributed by atoms with E-state index in [9.17, 15) is 14.4 Å². The average molecular weight is 646 g/mol. The van der Waals surface area contributed by atoms with E-state index in [1.165, 1.54) is 12.4 Å². The SMILES string of the molecule is CCCCOC(=O)c1cc(-c2ccc(/C=N/NC(=O)Cc3nnc(NC(=O)c4cncc(Br)c4)s3)o2)ccc1Cl. The summed E-state index contributed by atoms with van der Waals surface area (Å²) in [6.07, 6.45) is 5.92. The number of carbonyl (C=O) groups is 3. The number of amides is 2. The van der Waals surface area contributed by atoms with E-state index >= 15 is 0 Å². The number of hydrazone groups is 1. The molecule has 14 heteroatoms. The van der Waals surface area contributed by atoms with Gasteiger partial charge in [-0.2, -0.15) is 5.10 Å². The zero-order chi connectivity index (χ0) is 28.5. The predicted molar refractivity (Wildman–Crippen MR) is 154 cm³/mol. The number of nitrogens with one attached hydrogen (secondary N) is 2. The molecule has 4 aromatic rings. The molecule has 3 heterocycles. The zero-order valence-electron chi connectivity index (χ0n) is 21.0. The number of anilines is 1. The van der Waals surface area contributed by atoms with E-state index in [-0.39, 0.29) is 22.1 Å². The van der Waals surface area contributed by atoms with Crippen molar-refractivity contribution in [2.45, 2.75) is 26.2 Å². The molecule has 0 unspecified atom stereocenters. The molecular formula is C26H22BrClN6O5S. The highest BCUT2D eigenvalue weighted by Gasteiger charge is 2.15. The van der Waals surface area contributed by atoms with E-state index in [4.69, 9.17) is 20.8 Å². The van der Waals surface area contributed by atoms with Gasteiger partial charge in [-0.25, -0.2) is 10.2 Å². The maximum Gasteiger partial charge on any atom is 0.339 e. The van der Waals surface area contributed by atoms with Crippen molar-refractivity contribution in [3.8, 4) is 11.3 Å². The summed E-state index contributed by atoms with van der Waals surface area (Å²) < 4.78 is 11.7. The van der Waals surface area contributed by atoms with Gasteiger partial charge < -0.3 is 9.15 Å². The van der Waals surface area contributed by atoms with Crippen molar-refractivity contribution in [3.63, 3.8) is 0 Å². The molecule has 2 N–H and O–H groups in total. The normalized spacial score (nSPS) is 11.0. The van der Waals surface area contributed by atoms with Gasteiger partial charge in [0.15, 0.2) is 0 Å². The Hall–Kier alpha value is -3.94. The van der Waals surface area contributed by atoms with Gasteiger partial charge >= 0.3 is 5.97 Å². The first-order valence-electron chi connectivity index (χ1n) is 12.0. The molecule has 11 nitrogen and oxygen atoms in total. The third-order valence-electron chi connectivity index (χ3n) is 5.18. The molecule has 0 spiro atoms. The second kappa shape index (κ2) is 13.9. The Morgan fingerprint density at radius 2 is 2.02 bits per heavy atom. The van der Waals surface area contributed by atoms with Gasteiger partial charge in [-0.3, -0.25) is 19.9 Å². The van der Waals surface area contributed by atoms with Crippen LogP contribution >= 0.6 is 38.9 Å². The van der Waals surface area contributed by atoms with Crippen LogP contribution in [0.5, 0.6) is 0 Å². The summed E-state index contributed by atoms with van der Waals surface area (Å²) >= 11 is 10.5. The van der Waals surface area contributed by atoms with E-state index in [2.05, 4.69) is 47.0 Å². The molecule has 0 bridgehead atoms. The molecule has 2 amide bonds. The van der Waals surface area contributed by atoms with Gasteiger partial charge in [0.05, 0.1) is 35.4 Å². The number of nitrogens with zero attached hydrogens (tertiary/aromatic N) is 4. The number of hydrogen-bond donors (Lipinski definition) is 2. The Kier molecular flexibility index (Phi) is 10.1. The standard InChI is InChI=1S/C26H22BrClN6O5S/c1-2-3-8-38-25(37)19-10-15(4-6-20(19)28)21-7-5-18(39-21)14-30-32-22(35)11-23-33-34-26(40-23)31-24(36)16-9-17(27)13-29-12-16/h4-7,9-10,12-14H,2-3,8,11H2,1H3,(H,32,35)(H,31,34,36)/b30-14+. The highest BCUT2D eigenvalue weighted by Crippen LogP contribution is 2.27. The van der Waals surface area contributed by atoms with Crippen molar-refractivity contribution >= 4 is 68.0 Å². The lowest BCUT2D eigenvalue weighted by Gasteiger charge is -2.07. The number of hydrogen-bond acceptors (Lipinski definition) is 10. The van der Waals surface area contributed by atoms with Gasteiger partial charge in [0.2, 0.25) is 11.0 Å². The molecule has 1 aromatic carbocycles. The van der Waals surface area contributed by atoms with Gasteiger partial charge in [0.25, 0.3) is 5.91 Å². The minimum Gasteiger partial charge on any atom is -0.462 e. The number of benzene rings is 1. The Morgan fingerprint density at radius 3 is 2.83 bits per heavy atom. The van der Waals surface area contributed by atoms with Gasteiger partial charge in [-0.1, -0.05) is 36.3 Å². The van der Waals surface area contributed by atoms with Crippen LogP contribution in [0.3, 0.4) is 0 Å². The zero-order valence-corrected chi connectivity index (χ0v) is 24.2. The molecular weight excluding hydrogens is 624 g/mol. The van der Waals surface area contributed by atoms with Gasteiger partial charge in [0.1, 0.15) is 16.5 Å². The summed E-state index contributed by atoms with van der Waals surface area (Å²) in [5, 5.41) is 15.3. The monoisotopic (exact) mass is 644 g/mol. The molecule has 206 valence electrons. The van der Waals surface area contributed by atoms with E-state index in [0.29, 0.717) is 38.7 Å². The van der Waals surface area contributed by atoms with Crippen LogP contribution in [-0.4, -0.2) is 45.8 Å². The summed E-state index contributed by atoms with van der Waals surface area (Å²) in [7, 11) is 0.